The van der Waals surface area contributed by atoms with Crippen LogP contribution in [0.1, 0.15) is 33.8 Å². The van der Waals surface area contributed by atoms with Gasteiger partial charge in [0.15, 0.2) is 0 Å². The number of hydrogen-bond donors (Lipinski definition) is 1. The predicted molar refractivity (Wildman–Crippen MR) is 133 cm³/mol. The van der Waals surface area contributed by atoms with E-state index in [4.69, 9.17) is 14.7 Å². The van der Waals surface area contributed by atoms with Crippen molar-refractivity contribution in [2.75, 3.05) is 50.1 Å². The van der Waals surface area contributed by atoms with Crippen LogP contribution in [0.3, 0.4) is 0 Å². The third-order valence-electron chi connectivity index (χ3n) is 6.47. The van der Waals surface area contributed by atoms with Crippen molar-refractivity contribution in [1.82, 2.24) is 14.9 Å². The van der Waals surface area contributed by atoms with Crippen molar-refractivity contribution < 1.29 is 9.53 Å². The van der Waals surface area contributed by atoms with Crippen LogP contribution < -0.4 is 10.2 Å². The summed E-state index contributed by atoms with van der Waals surface area (Å²) in [5, 5.41) is 4.22. The van der Waals surface area contributed by atoms with Crippen molar-refractivity contribution in [3.8, 4) is 0 Å². The van der Waals surface area contributed by atoms with Gasteiger partial charge in [0, 0.05) is 30.7 Å². The van der Waals surface area contributed by atoms with E-state index < -0.39 is 0 Å². The molecule has 2 aliphatic rings. The van der Waals surface area contributed by atoms with E-state index in [0.717, 1.165) is 77.8 Å². The Morgan fingerprint density at radius 1 is 1.21 bits per heavy atom. The molecule has 1 aliphatic heterocycles. The minimum Gasteiger partial charge on any atom is -0.379 e. The zero-order valence-electron chi connectivity index (χ0n) is 19.6. The molecule has 1 aromatic carbocycles. The van der Waals surface area contributed by atoms with Crippen molar-refractivity contribution >= 4 is 39.0 Å². The maximum atomic E-state index is 13.0. The Bertz CT molecular complexity index is 1190. The molecule has 174 valence electrons. The summed E-state index contributed by atoms with van der Waals surface area (Å²) in [6.07, 6.45) is 3.37. The Morgan fingerprint density at radius 3 is 2.85 bits per heavy atom. The first-order chi connectivity index (χ1) is 16.0. The highest BCUT2D eigenvalue weighted by atomic mass is 32.1. The molecule has 0 saturated carbocycles. The first-order valence-corrected chi connectivity index (χ1v) is 12.5. The number of ether oxygens (including phenoxy) is 1. The molecule has 2 aromatic heterocycles. The number of morpholine rings is 1. The van der Waals surface area contributed by atoms with E-state index in [-0.39, 0.29) is 12.5 Å². The second kappa shape index (κ2) is 9.37. The van der Waals surface area contributed by atoms with E-state index in [0.29, 0.717) is 6.54 Å². The molecular formula is C25H31N5O2S. The van der Waals surface area contributed by atoms with Crippen LogP contribution in [0.25, 0.3) is 10.2 Å². The molecule has 0 bridgehead atoms. The van der Waals surface area contributed by atoms with Gasteiger partial charge < -0.3 is 15.0 Å². The largest absolute Gasteiger partial charge is 0.379 e. The van der Waals surface area contributed by atoms with Gasteiger partial charge in [-0.2, -0.15) is 0 Å². The molecule has 0 radical (unpaired) electrons. The highest BCUT2D eigenvalue weighted by molar-refractivity contribution is 7.19. The van der Waals surface area contributed by atoms with Gasteiger partial charge in [0.2, 0.25) is 5.91 Å². The van der Waals surface area contributed by atoms with E-state index in [1.54, 1.807) is 11.3 Å². The van der Waals surface area contributed by atoms with Crippen LogP contribution in [0.4, 0.5) is 11.5 Å². The summed E-state index contributed by atoms with van der Waals surface area (Å²) in [7, 11) is 1.96. The number of likely N-dealkylation sites (N-methyl/N-ethyl adjacent to an activating group) is 1. The lowest BCUT2D eigenvalue weighted by Gasteiger charge is -2.26. The number of nitrogens with zero attached hydrogens (tertiary/aromatic N) is 4. The first-order valence-electron chi connectivity index (χ1n) is 11.7. The minimum atomic E-state index is -0.0421. The minimum absolute atomic E-state index is 0.0421. The second-order valence-electron chi connectivity index (χ2n) is 9.11. The summed E-state index contributed by atoms with van der Waals surface area (Å²) in [6, 6.07) is 6.11. The molecule has 0 unspecified atom stereocenters. The number of carbonyl (C=O) groups is 1. The number of anilines is 2. The second-order valence-corrected chi connectivity index (χ2v) is 10.2. The Kier molecular flexibility index (Phi) is 6.32. The molecule has 7 nitrogen and oxygen atoms in total. The number of hydrogen-bond acceptors (Lipinski definition) is 7. The van der Waals surface area contributed by atoms with Crippen LogP contribution in [0.2, 0.25) is 0 Å². The number of fused-ring (bicyclic) bond motifs is 3. The van der Waals surface area contributed by atoms with E-state index in [1.807, 2.05) is 37.9 Å². The van der Waals surface area contributed by atoms with E-state index >= 15 is 0 Å². The fourth-order valence-corrected chi connectivity index (χ4v) is 5.95. The molecule has 0 atom stereocenters. The van der Waals surface area contributed by atoms with Crippen molar-refractivity contribution in [1.29, 1.82) is 0 Å². The smallest absolute Gasteiger partial charge is 0.243 e. The molecule has 1 N–H and O–H groups in total. The molecule has 0 spiro atoms. The van der Waals surface area contributed by atoms with Crippen LogP contribution >= 0.6 is 11.3 Å². The van der Waals surface area contributed by atoms with Gasteiger partial charge in [-0.05, 0) is 55.9 Å². The van der Waals surface area contributed by atoms with Crippen molar-refractivity contribution in [2.24, 2.45) is 0 Å². The Balaban J connectivity index is 1.42. The van der Waals surface area contributed by atoms with Gasteiger partial charge in [0.1, 0.15) is 16.5 Å². The summed E-state index contributed by atoms with van der Waals surface area (Å²) >= 11 is 1.80. The topological polar surface area (TPSA) is 70.6 Å². The fourth-order valence-electron chi connectivity index (χ4n) is 4.68. The number of benzene rings is 1. The number of nitrogens with one attached hydrogen (secondary N) is 1. The first kappa shape index (κ1) is 22.3. The molecule has 1 aliphatic carbocycles. The lowest BCUT2D eigenvalue weighted by Crippen LogP contribution is -2.36. The van der Waals surface area contributed by atoms with Crippen molar-refractivity contribution in [3.05, 3.63) is 45.6 Å². The lowest BCUT2D eigenvalue weighted by molar-refractivity contribution is -0.114. The van der Waals surface area contributed by atoms with Gasteiger partial charge in [-0.3, -0.25) is 9.69 Å². The maximum Gasteiger partial charge on any atom is 0.243 e. The average Bonchev–Trinajstić information content (AvgIpc) is 3.37. The normalized spacial score (nSPS) is 16.2. The monoisotopic (exact) mass is 465 g/mol. The molecule has 5 rings (SSSR count). The zero-order chi connectivity index (χ0) is 22.9. The molecule has 1 saturated heterocycles. The summed E-state index contributed by atoms with van der Waals surface area (Å²) in [4.78, 5) is 29.7. The molecule has 1 amide bonds. The summed E-state index contributed by atoms with van der Waals surface area (Å²) in [5.74, 6) is 1.65. The third-order valence-corrected chi connectivity index (χ3v) is 7.66. The summed E-state index contributed by atoms with van der Waals surface area (Å²) in [6.45, 7) is 8.28. The van der Waals surface area contributed by atoms with Crippen LogP contribution in [-0.4, -0.2) is 60.7 Å². The molecular weight excluding hydrogens is 434 g/mol. The Hall–Kier alpha value is -2.55. The van der Waals surface area contributed by atoms with Gasteiger partial charge in [-0.15, -0.1) is 11.3 Å². The molecule has 1 fully saturated rings. The third kappa shape index (κ3) is 4.74. The highest BCUT2D eigenvalue weighted by Gasteiger charge is 2.25. The van der Waals surface area contributed by atoms with Crippen LogP contribution in [0, 0.1) is 13.8 Å². The van der Waals surface area contributed by atoms with Crippen LogP contribution in [0.5, 0.6) is 0 Å². The van der Waals surface area contributed by atoms with Gasteiger partial charge in [-0.1, -0.05) is 12.1 Å². The quantitative estimate of drug-likeness (QED) is 0.599. The number of thiophene rings is 1. The standard InChI is InChI=1S/C25H31N5O2S/c1-16-7-8-17(2)19(13-16)26-22(31)15-29(3)24-23-18-5-4-6-20(18)33-25(23)28-21(27-24)14-30-9-11-32-12-10-30/h7-8,13H,4-6,9-12,14-15H2,1-3H3,(H,26,31). The number of rotatable bonds is 6. The number of amides is 1. The van der Waals surface area contributed by atoms with Crippen molar-refractivity contribution in [2.45, 2.75) is 39.7 Å². The van der Waals surface area contributed by atoms with Gasteiger partial charge in [0.05, 0.1) is 31.7 Å². The fraction of sp³-hybridized carbons (Fsp3) is 0.480. The summed E-state index contributed by atoms with van der Waals surface area (Å²) < 4.78 is 5.49. The molecule has 3 aromatic rings. The van der Waals surface area contributed by atoms with Gasteiger partial charge in [-0.25, -0.2) is 9.97 Å². The van der Waals surface area contributed by atoms with Crippen LogP contribution in [0.15, 0.2) is 18.2 Å². The lowest BCUT2D eigenvalue weighted by atomic mass is 10.1. The van der Waals surface area contributed by atoms with Gasteiger partial charge >= 0.3 is 0 Å². The van der Waals surface area contributed by atoms with E-state index in [9.17, 15) is 4.79 Å². The van der Waals surface area contributed by atoms with E-state index in [2.05, 4.69) is 16.3 Å². The predicted octanol–water partition coefficient (Wildman–Crippen LogP) is 3.70. The number of carbonyl (C=O) groups excluding carboxylic acids is 1. The van der Waals surface area contributed by atoms with Gasteiger partial charge in [0.25, 0.3) is 0 Å². The Labute approximate surface area is 198 Å². The maximum absolute atomic E-state index is 13.0. The van der Waals surface area contributed by atoms with E-state index in [1.165, 1.54) is 16.9 Å². The Morgan fingerprint density at radius 2 is 2.03 bits per heavy atom. The molecule has 33 heavy (non-hydrogen) atoms. The van der Waals surface area contributed by atoms with Crippen LogP contribution in [-0.2, 0) is 28.9 Å². The molecule has 3 heterocycles. The van der Waals surface area contributed by atoms with Crippen molar-refractivity contribution in [3.63, 3.8) is 0 Å². The molecule has 8 heteroatoms. The number of aryl methyl sites for hydroxylation is 4. The zero-order valence-corrected chi connectivity index (χ0v) is 20.4. The average molecular weight is 466 g/mol. The summed E-state index contributed by atoms with van der Waals surface area (Å²) in [5.41, 5.74) is 4.43. The SMILES string of the molecule is Cc1ccc(C)c(NC(=O)CN(C)c2nc(CN3CCOCC3)nc3sc4c(c23)CCC4)c1. The number of aromatic nitrogens is 2. The highest BCUT2D eigenvalue weighted by Crippen LogP contribution is 2.40.